The normalized spacial score (nSPS) is 14.2. The van der Waals surface area contributed by atoms with E-state index in [9.17, 15) is 0 Å². The zero-order chi connectivity index (χ0) is 51.9. The number of anilines is 2. The average Bonchev–Trinajstić information content (AvgIpc) is 4.02. The van der Waals surface area contributed by atoms with E-state index in [4.69, 9.17) is 4.42 Å². The number of nitrogens with zero attached hydrogens (tertiary/aromatic N) is 2. The van der Waals surface area contributed by atoms with Gasteiger partial charge < -0.3 is 13.9 Å². The van der Waals surface area contributed by atoms with E-state index < -0.39 is 0 Å². The largest absolute Gasteiger partial charge is 0.456 e. The zero-order valence-corrected chi connectivity index (χ0v) is 44.5. The molecule has 0 fully saturated rings. The number of rotatable bonds is 8. The van der Waals surface area contributed by atoms with Crippen molar-refractivity contribution in [3.8, 4) is 39.1 Å². The summed E-state index contributed by atoms with van der Waals surface area (Å²) < 4.78 is 8.84. The Kier molecular flexibility index (Phi) is 11.3. The molecule has 10 aromatic carbocycles. The molecule has 1 unspecified atom stereocenters. The van der Waals surface area contributed by atoms with Crippen molar-refractivity contribution < 1.29 is 4.42 Å². The fraction of sp³-hybridized carbons (Fsp3) is 0.151. The van der Waals surface area contributed by atoms with Crippen LogP contribution in [0.4, 0.5) is 11.4 Å². The Morgan fingerprint density at radius 1 is 0.447 bits per heavy atom. The highest BCUT2D eigenvalue weighted by Crippen LogP contribution is 2.50. The molecule has 0 bridgehead atoms. The molecular formula is C73H62N2O. The van der Waals surface area contributed by atoms with E-state index in [0.717, 1.165) is 67.8 Å². The molecule has 76 heavy (non-hydrogen) atoms. The number of hydrogen-bond donors (Lipinski definition) is 0. The highest BCUT2D eigenvalue weighted by molar-refractivity contribution is 6.12. The Bertz CT molecular complexity index is 4260. The van der Waals surface area contributed by atoms with Crippen molar-refractivity contribution in [1.29, 1.82) is 0 Å². The molecule has 2 heterocycles. The molecule has 0 amide bonds. The van der Waals surface area contributed by atoms with Gasteiger partial charge in [-0.05, 0) is 139 Å². The summed E-state index contributed by atoms with van der Waals surface area (Å²) in [7, 11) is 0. The van der Waals surface area contributed by atoms with E-state index in [0.29, 0.717) is 5.92 Å². The fourth-order valence-electron chi connectivity index (χ4n) is 11.9. The highest BCUT2D eigenvalue weighted by atomic mass is 16.3. The summed E-state index contributed by atoms with van der Waals surface area (Å²) >= 11 is 0. The summed E-state index contributed by atoms with van der Waals surface area (Å²) in [5.41, 5.74) is 20.9. The van der Waals surface area contributed by atoms with E-state index >= 15 is 0 Å². The smallest absolute Gasteiger partial charge is 0.135 e. The molecule has 1 aliphatic carbocycles. The van der Waals surface area contributed by atoms with Crippen LogP contribution in [0.25, 0.3) is 99.2 Å². The molecule has 3 heteroatoms. The van der Waals surface area contributed by atoms with Gasteiger partial charge in [-0.25, -0.2) is 0 Å². The minimum atomic E-state index is -0.0295. The van der Waals surface area contributed by atoms with Crippen molar-refractivity contribution in [3.05, 3.63) is 253 Å². The molecular weight excluding hydrogens is 921 g/mol. The second kappa shape index (κ2) is 18.3. The Labute approximate surface area is 446 Å². The highest BCUT2D eigenvalue weighted by Gasteiger charge is 2.29. The van der Waals surface area contributed by atoms with Gasteiger partial charge in [0, 0.05) is 44.1 Å². The van der Waals surface area contributed by atoms with Crippen molar-refractivity contribution in [3.63, 3.8) is 0 Å². The summed E-state index contributed by atoms with van der Waals surface area (Å²) in [6.07, 6.45) is 5.68. The van der Waals surface area contributed by atoms with Crippen LogP contribution in [0.5, 0.6) is 0 Å². The quantitative estimate of drug-likeness (QED) is 0.151. The van der Waals surface area contributed by atoms with E-state index in [1.54, 1.807) is 0 Å². The first-order chi connectivity index (χ1) is 36.9. The van der Waals surface area contributed by atoms with Crippen LogP contribution in [-0.4, -0.2) is 4.57 Å². The van der Waals surface area contributed by atoms with Crippen LogP contribution in [0, 0.1) is 5.92 Å². The van der Waals surface area contributed by atoms with Crippen LogP contribution >= 0.6 is 0 Å². The van der Waals surface area contributed by atoms with Crippen LogP contribution < -0.4 is 4.90 Å². The second-order valence-corrected chi connectivity index (χ2v) is 23.0. The topological polar surface area (TPSA) is 21.3 Å². The van der Waals surface area contributed by atoms with E-state index in [-0.39, 0.29) is 10.8 Å². The summed E-state index contributed by atoms with van der Waals surface area (Å²) in [6.45, 7) is 16.3. The third-order valence-electron chi connectivity index (χ3n) is 15.8. The molecule has 2 aromatic heterocycles. The first-order valence-corrected chi connectivity index (χ1v) is 27.0. The lowest BCUT2D eigenvalue weighted by Crippen LogP contribution is -2.21. The molecule has 0 saturated carbocycles. The van der Waals surface area contributed by atoms with Gasteiger partial charge in [-0.2, -0.15) is 0 Å². The number of fused-ring (bicyclic) bond motifs is 7. The zero-order valence-electron chi connectivity index (χ0n) is 44.5. The van der Waals surface area contributed by atoms with Crippen LogP contribution in [0.1, 0.15) is 71.6 Å². The van der Waals surface area contributed by atoms with Crippen LogP contribution in [0.15, 0.2) is 241 Å². The molecule has 0 N–H and O–H groups in total. The fourth-order valence-corrected chi connectivity index (χ4v) is 11.9. The van der Waals surface area contributed by atoms with Gasteiger partial charge in [-0.3, -0.25) is 0 Å². The van der Waals surface area contributed by atoms with Gasteiger partial charge in [0.15, 0.2) is 0 Å². The molecule has 13 rings (SSSR count). The van der Waals surface area contributed by atoms with Crippen molar-refractivity contribution in [2.45, 2.75) is 65.7 Å². The number of allylic oxidation sites excluding steroid dienone is 3. The Morgan fingerprint density at radius 3 is 1.79 bits per heavy atom. The molecule has 0 spiro atoms. The van der Waals surface area contributed by atoms with Gasteiger partial charge in [-0.1, -0.05) is 218 Å². The summed E-state index contributed by atoms with van der Waals surface area (Å²) in [6, 6.07) is 81.0. The minimum absolute atomic E-state index is 0.0295. The van der Waals surface area contributed by atoms with Gasteiger partial charge in [0.25, 0.3) is 0 Å². The minimum Gasteiger partial charge on any atom is -0.456 e. The van der Waals surface area contributed by atoms with Crippen molar-refractivity contribution in [2.24, 2.45) is 5.92 Å². The third-order valence-corrected chi connectivity index (χ3v) is 15.8. The first-order valence-electron chi connectivity index (χ1n) is 27.0. The molecule has 0 aliphatic heterocycles. The summed E-state index contributed by atoms with van der Waals surface area (Å²) in [4.78, 5) is 2.58. The first kappa shape index (κ1) is 47.1. The molecule has 3 nitrogen and oxygen atoms in total. The lowest BCUT2D eigenvalue weighted by atomic mass is 9.78. The van der Waals surface area contributed by atoms with Crippen molar-refractivity contribution >= 4 is 71.5 Å². The summed E-state index contributed by atoms with van der Waals surface area (Å²) in [5.74, 6) is 0.320. The van der Waals surface area contributed by atoms with Crippen LogP contribution in [-0.2, 0) is 10.8 Å². The predicted molar refractivity (Wildman–Crippen MR) is 324 cm³/mol. The number of hydrogen-bond acceptors (Lipinski definition) is 2. The van der Waals surface area contributed by atoms with E-state index in [1.807, 2.05) is 6.07 Å². The van der Waals surface area contributed by atoms with Gasteiger partial charge in [0.05, 0.1) is 22.4 Å². The lowest BCUT2D eigenvalue weighted by molar-refractivity contribution is 0.569. The van der Waals surface area contributed by atoms with Gasteiger partial charge >= 0.3 is 0 Å². The van der Waals surface area contributed by atoms with Crippen molar-refractivity contribution in [2.75, 3.05) is 4.90 Å². The van der Waals surface area contributed by atoms with Crippen LogP contribution in [0.2, 0.25) is 0 Å². The molecule has 12 aromatic rings. The maximum Gasteiger partial charge on any atom is 0.135 e. The van der Waals surface area contributed by atoms with E-state index in [2.05, 4.69) is 282 Å². The number of benzene rings is 10. The SMILES string of the molecule is CC1C=CC(N(c2ccccc2-c2ccc3oc4ccccc4c3c2)c2ccccc2-c2cccc3cccc(-c4cc(C(C)(C)C)cc(C(C)(C)C)c4)c23)=C(c2ccc3c4ccccc4n(-c4ccccc4)c3c2)C1. The molecule has 1 atom stereocenters. The van der Waals surface area contributed by atoms with Crippen molar-refractivity contribution in [1.82, 2.24) is 4.57 Å². The number of furan rings is 1. The monoisotopic (exact) mass is 982 g/mol. The van der Waals surface area contributed by atoms with Crippen LogP contribution in [0.3, 0.4) is 0 Å². The maximum atomic E-state index is 6.40. The Morgan fingerprint density at radius 2 is 1.04 bits per heavy atom. The lowest BCUT2D eigenvalue weighted by Gasteiger charge is -2.34. The van der Waals surface area contributed by atoms with E-state index in [1.165, 1.54) is 71.5 Å². The molecule has 0 saturated heterocycles. The Balaban J connectivity index is 1.09. The predicted octanol–water partition coefficient (Wildman–Crippen LogP) is 20.6. The van der Waals surface area contributed by atoms with Gasteiger partial charge in [0.2, 0.25) is 0 Å². The maximum absolute atomic E-state index is 6.40. The average molecular weight is 983 g/mol. The summed E-state index contributed by atoms with van der Waals surface area (Å²) in [5, 5.41) is 7.18. The standard InChI is InChI=1S/C73H62N2O/c1-47-35-39-67(62(41-47)50-36-38-59-57-26-12-16-32-65(57)74(68(59)45-50)54-23-9-8-10-24-54)75(64-31-15-11-25-55(64)49-37-40-70-63(44-49)60-28-14-18-34-69(60)76-70)66-33-17-13-27-58(66)61-30-20-22-48-21-19-29-56(71(48)61)51-42-52(72(2,3)4)46-53(43-51)73(5,6)7/h8-40,42-47H,41H2,1-7H3. The molecule has 0 radical (unpaired) electrons. The number of para-hydroxylation sites is 5. The van der Waals surface area contributed by atoms with Gasteiger partial charge in [-0.15, -0.1) is 0 Å². The Hall–Kier alpha value is -8.66. The third kappa shape index (κ3) is 8.14. The van der Waals surface area contributed by atoms with Gasteiger partial charge in [0.1, 0.15) is 11.2 Å². The molecule has 370 valence electrons. The number of aromatic nitrogens is 1. The molecule has 1 aliphatic rings. The second-order valence-electron chi connectivity index (χ2n) is 23.0.